The predicted molar refractivity (Wildman–Crippen MR) is 62.7 cm³/mol. The lowest BCUT2D eigenvalue weighted by molar-refractivity contribution is -0.129. The lowest BCUT2D eigenvalue weighted by atomic mass is 9.98. The summed E-state index contributed by atoms with van der Waals surface area (Å²) in [5.41, 5.74) is 0. The number of carbonyl (C=O) groups excluding carboxylic acids is 1. The zero-order valence-electron chi connectivity index (χ0n) is 10.4. The van der Waals surface area contributed by atoms with Crippen molar-refractivity contribution < 1.29 is 4.79 Å². The second kappa shape index (κ2) is 5.50. The van der Waals surface area contributed by atoms with Gasteiger partial charge in [-0.25, -0.2) is 0 Å². The molecule has 0 heterocycles. The van der Waals surface area contributed by atoms with Gasteiger partial charge in [-0.05, 0) is 31.2 Å². The van der Waals surface area contributed by atoms with Gasteiger partial charge in [0.15, 0.2) is 0 Å². The average Bonchev–Trinajstić information content (AvgIpc) is 2.99. The number of hydrogen-bond donors (Lipinski definition) is 1. The van der Waals surface area contributed by atoms with Gasteiger partial charge < -0.3 is 10.2 Å². The summed E-state index contributed by atoms with van der Waals surface area (Å²) in [6.45, 7) is 8.06. The number of hydrogen-bond acceptors (Lipinski definition) is 2. The van der Waals surface area contributed by atoms with Crippen LogP contribution in [0.25, 0.3) is 0 Å². The molecule has 0 radical (unpaired) electrons. The van der Waals surface area contributed by atoms with Crippen molar-refractivity contribution >= 4 is 5.91 Å². The van der Waals surface area contributed by atoms with Crippen molar-refractivity contribution in [3.8, 4) is 0 Å². The molecule has 1 atom stereocenters. The third-order valence-electron chi connectivity index (χ3n) is 3.37. The second-order valence-electron chi connectivity index (χ2n) is 5.09. The maximum atomic E-state index is 11.6. The highest BCUT2D eigenvalue weighted by Crippen LogP contribution is 2.25. The predicted octanol–water partition coefficient (Wildman–Crippen LogP) is 1.49. The molecule has 0 aromatic rings. The quantitative estimate of drug-likeness (QED) is 0.723. The van der Waals surface area contributed by atoms with Gasteiger partial charge in [0.2, 0.25) is 5.91 Å². The lowest BCUT2D eigenvalue weighted by Gasteiger charge is -2.19. The Hall–Kier alpha value is -0.570. The number of carbonyl (C=O) groups is 1. The zero-order chi connectivity index (χ0) is 11.4. The van der Waals surface area contributed by atoms with Crippen LogP contribution in [0.2, 0.25) is 0 Å². The Bertz CT molecular complexity index is 212. The Labute approximate surface area is 93.2 Å². The molecule has 0 aromatic heterocycles. The first kappa shape index (κ1) is 12.5. The fraction of sp³-hybridized carbons (Fsp3) is 0.917. The molecule has 0 aliphatic heterocycles. The highest BCUT2D eigenvalue weighted by Gasteiger charge is 2.29. The van der Waals surface area contributed by atoms with E-state index in [1.54, 1.807) is 0 Å². The minimum atomic E-state index is 0.230. The minimum Gasteiger partial charge on any atom is -0.342 e. The molecule has 1 saturated carbocycles. The number of likely N-dealkylation sites (N-methyl/N-ethyl adjacent to an activating group) is 1. The van der Waals surface area contributed by atoms with Crippen molar-refractivity contribution in [2.45, 2.75) is 39.7 Å². The van der Waals surface area contributed by atoms with Crippen molar-refractivity contribution in [1.29, 1.82) is 0 Å². The zero-order valence-corrected chi connectivity index (χ0v) is 10.4. The van der Waals surface area contributed by atoms with Crippen LogP contribution >= 0.6 is 0 Å². The summed E-state index contributed by atoms with van der Waals surface area (Å²) < 4.78 is 0. The van der Waals surface area contributed by atoms with Gasteiger partial charge in [-0.15, -0.1) is 0 Å². The van der Waals surface area contributed by atoms with E-state index in [1.807, 2.05) is 11.9 Å². The molecule has 1 N–H and O–H groups in total. The van der Waals surface area contributed by atoms with Gasteiger partial charge in [-0.2, -0.15) is 0 Å². The molecule has 15 heavy (non-hydrogen) atoms. The average molecular weight is 212 g/mol. The fourth-order valence-electron chi connectivity index (χ4n) is 1.43. The molecule has 1 amide bonds. The largest absolute Gasteiger partial charge is 0.342 e. The third kappa shape index (κ3) is 4.20. The topological polar surface area (TPSA) is 32.3 Å². The summed E-state index contributed by atoms with van der Waals surface area (Å²) in [4.78, 5) is 13.5. The van der Waals surface area contributed by atoms with Gasteiger partial charge >= 0.3 is 0 Å². The standard InChI is InChI=1S/C12H24N2O/c1-9(2)10(3)7-13-8-12(15)14(4)11-5-6-11/h9-11,13H,5-8H2,1-4H3. The van der Waals surface area contributed by atoms with Crippen LogP contribution in [0.1, 0.15) is 33.6 Å². The highest BCUT2D eigenvalue weighted by molar-refractivity contribution is 5.78. The van der Waals surface area contributed by atoms with E-state index in [0.717, 1.165) is 6.54 Å². The normalized spacial score (nSPS) is 17.9. The first-order valence-electron chi connectivity index (χ1n) is 5.98. The second-order valence-corrected chi connectivity index (χ2v) is 5.09. The van der Waals surface area contributed by atoms with Gasteiger partial charge in [0, 0.05) is 13.1 Å². The van der Waals surface area contributed by atoms with Crippen LogP contribution in [-0.4, -0.2) is 37.0 Å². The van der Waals surface area contributed by atoms with E-state index in [2.05, 4.69) is 26.1 Å². The van der Waals surface area contributed by atoms with Crippen molar-refractivity contribution in [2.75, 3.05) is 20.1 Å². The molecule has 3 heteroatoms. The molecule has 1 aliphatic carbocycles. The molecule has 1 fully saturated rings. The van der Waals surface area contributed by atoms with Gasteiger partial charge in [-0.3, -0.25) is 4.79 Å². The molecule has 0 saturated heterocycles. The van der Waals surface area contributed by atoms with Crippen molar-refractivity contribution in [2.24, 2.45) is 11.8 Å². The van der Waals surface area contributed by atoms with Crippen LogP contribution in [-0.2, 0) is 4.79 Å². The van der Waals surface area contributed by atoms with Crippen LogP contribution in [0.4, 0.5) is 0 Å². The van der Waals surface area contributed by atoms with E-state index in [0.29, 0.717) is 24.4 Å². The van der Waals surface area contributed by atoms with E-state index >= 15 is 0 Å². The molecule has 3 nitrogen and oxygen atoms in total. The van der Waals surface area contributed by atoms with E-state index in [1.165, 1.54) is 12.8 Å². The Kier molecular flexibility index (Phi) is 4.58. The number of nitrogens with one attached hydrogen (secondary N) is 1. The maximum Gasteiger partial charge on any atom is 0.236 e. The first-order valence-corrected chi connectivity index (χ1v) is 5.98. The van der Waals surface area contributed by atoms with Gasteiger partial charge in [-0.1, -0.05) is 20.8 Å². The van der Waals surface area contributed by atoms with E-state index in [9.17, 15) is 4.79 Å². The van der Waals surface area contributed by atoms with Crippen molar-refractivity contribution in [3.05, 3.63) is 0 Å². The van der Waals surface area contributed by atoms with Crippen LogP contribution < -0.4 is 5.32 Å². The molecule has 0 bridgehead atoms. The van der Waals surface area contributed by atoms with Crippen molar-refractivity contribution in [3.63, 3.8) is 0 Å². The minimum absolute atomic E-state index is 0.230. The molecule has 88 valence electrons. The summed E-state index contributed by atoms with van der Waals surface area (Å²) in [7, 11) is 1.91. The molecule has 1 unspecified atom stereocenters. The number of rotatable bonds is 6. The Morgan fingerprint density at radius 1 is 1.40 bits per heavy atom. The maximum absolute atomic E-state index is 11.6. The number of nitrogens with zero attached hydrogens (tertiary/aromatic N) is 1. The molecule has 0 spiro atoms. The van der Waals surface area contributed by atoms with Crippen LogP contribution in [0.15, 0.2) is 0 Å². The monoisotopic (exact) mass is 212 g/mol. The smallest absolute Gasteiger partial charge is 0.236 e. The van der Waals surface area contributed by atoms with Gasteiger partial charge in [0.25, 0.3) is 0 Å². The van der Waals surface area contributed by atoms with Gasteiger partial charge in [0.1, 0.15) is 0 Å². The molecule has 1 rings (SSSR count). The SMILES string of the molecule is CC(C)C(C)CNCC(=O)N(C)C1CC1. The molecular weight excluding hydrogens is 188 g/mol. The summed E-state index contributed by atoms with van der Waals surface area (Å²) in [6.07, 6.45) is 2.37. The van der Waals surface area contributed by atoms with Crippen molar-refractivity contribution in [1.82, 2.24) is 10.2 Å². The molecular formula is C12H24N2O. The third-order valence-corrected chi connectivity index (χ3v) is 3.37. The lowest BCUT2D eigenvalue weighted by Crippen LogP contribution is -2.38. The molecule has 0 aromatic carbocycles. The summed E-state index contributed by atoms with van der Waals surface area (Å²) in [6, 6.07) is 0.529. The highest BCUT2D eigenvalue weighted by atomic mass is 16.2. The Balaban J connectivity index is 2.11. The number of amides is 1. The van der Waals surface area contributed by atoms with Crippen LogP contribution in [0.5, 0.6) is 0 Å². The van der Waals surface area contributed by atoms with Crippen LogP contribution in [0, 0.1) is 11.8 Å². The Morgan fingerprint density at radius 3 is 2.47 bits per heavy atom. The molecule has 1 aliphatic rings. The van der Waals surface area contributed by atoms with E-state index in [4.69, 9.17) is 0 Å². The van der Waals surface area contributed by atoms with E-state index in [-0.39, 0.29) is 5.91 Å². The van der Waals surface area contributed by atoms with Crippen LogP contribution in [0.3, 0.4) is 0 Å². The summed E-state index contributed by atoms with van der Waals surface area (Å²) >= 11 is 0. The summed E-state index contributed by atoms with van der Waals surface area (Å²) in [5, 5.41) is 3.24. The first-order chi connectivity index (χ1) is 7.02. The summed E-state index contributed by atoms with van der Waals surface area (Å²) in [5.74, 6) is 1.53. The Morgan fingerprint density at radius 2 is 2.00 bits per heavy atom. The fourth-order valence-corrected chi connectivity index (χ4v) is 1.43. The van der Waals surface area contributed by atoms with Gasteiger partial charge in [0.05, 0.1) is 6.54 Å². The van der Waals surface area contributed by atoms with E-state index < -0.39 is 0 Å².